The van der Waals surface area contributed by atoms with Crippen LogP contribution in [-0.4, -0.2) is 57.4 Å². The van der Waals surface area contributed by atoms with Gasteiger partial charge in [-0.15, -0.1) is 11.3 Å². The molecule has 1 fully saturated rings. The number of carbonyl (C=O) groups is 1. The minimum absolute atomic E-state index is 0.100. The highest BCUT2D eigenvalue weighted by molar-refractivity contribution is 7.89. The monoisotopic (exact) mass is 485 g/mol. The summed E-state index contributed by atoms with van der Waals surface area (Å²) in [6.07, 6.45) is 0. The van der Waals surface area contributed by atoms with Crippen molar-refractivity contribution in [2.75, 3.05) is 33.3 Å². The second-order valence-corrected chi connectivity index (χ2v) is 10.6. The van der Waals surface area contributed by atoms with Crippen LogP contribution >= 0.6 is 11.3 Å². The molecule has 1 aliphatic rings. The van der Waals surface area contributed by atoms with Gasteiger partial charge in [0, 0.05) is 49.7 Å². The van der Waals surface area contributed by atoms with Crippen molar-refractivity contribution in [1.82, 2.24) is 14.5 Å². The topological polar surface area (TPSA) is 79.0 Å². The first kappa shape index (κ1) is 23.4. The SMILES string of the molecule is COc1ccc(CN2CCN(C(=O)c3cccc(S(=O)(=O)NCc4cccs4)c3)CC2)cc1. The van der Waals surface area contributed by atoms with Crippen LogP contribution in [0.2, 0.25) is 0 Å². The van der Waals surface area contributed by atoms with Crippen LogP contribution < -0.4 is 9.46 Å². The van der Waals surface area contributed by atoms with Gasteiger partial charge < -0.3 is 9.64 Å². The summed E-state index contributed by atoms with van der Waals surface area (Å²) in [4.78, 5) is 18.2. The molecule has 3 aromatic rings. The number of benzene rings is 2. The number of thiophene rings is 1. The van der Waals surface area contributed by atoms with Crippen LogP contribution in [0.4, 0.5) is 0 Å². The van der Waals surface area contributed by atoms with Crippen LogP contribution in [0.5, 0.6) is 5.75 Å². The maximum atomic E-state index is 13.0. The molecule has 0 unspecified atom stereocenters. The Morgan fingerprint density at radius 1 is 1.03 bits per heavy atom. The lowest BCUT2D eigenvalue weighted by Crippen LogP contribution is -2.48. The molecular formula is C24H27N3O4S2. The fraction of sp³-hybridized carbons (Fsp3) is 0.292. The molecule has 1 aliphatic heterocycles. The second-order valence-electron chi connectivity index (χ2n) is 7.85. The predicted molar refractivity (Wildman–Crippen MR) is 129 cm³/mol. The number of methoxy groups -OCH3 is 1. The number of rotatable bonds is 8. The van der Waals surface area contributed by atoms with Crippen LogP contribution in [0.25, 0.3) is 0 Å². The third kappa shape index (κ3) is 6.00. The number of amides is 1. The van der Waals surface area contributed by atoms with Crippen molar-refractivity contribution in [3.05, 3.63) is 82.0 Å². The Kier molecular flexibility index (Phi) is 7.44. The molecule has 0 bridgehead atoms. The maximum absolute atomic E-state index is 13.0. The molecule has 2 heterocycles. The molecule has 1 saturated heterocycles. The Morgan fingerprint density at radius 2 is 1.79 bits per heavy atom. The summed E-state index contributed by atoms with van der Waals surface area (Å²) in [5, 5.41) is 1.90. The molecule has 1 amide bonds. The fourth-order valence-corrected chi connectivity index (χ4v) is 5.53. The Bertz CT molecular complexity index is 1170. The molecule has 0 atom stereocenters. The van der Waals surface area contributed by atoms with Crippen molar-refractivity contribution in [2.24, 2.45) is 0 Å². The van der Waals surface area contributed by atoms with E-state index in [1.165, 1.54) is 29.0 Å². The molecule has 1 N–H and O–H groups in total. The molecule has 4 rings (SSSR count). The second kappa shape index (κ2) is 10.5. The molecular weight excluding hydrogens is 458 g/mol. The van der Waals surface area contributed by atoms with Gasteiger partial charge in [-0.25, -0.2) is 13.1 Å². The Labute approximate surface area is 198 Å². The predicted octanol–water partition coefficient (Wildman–Crippen LogP) is 3.19. The van der Waals surface area contributed by atoms with Crippen molar-refractivity contribution in [1.29, 1.82) is 0 Å². The minimum Gasteiger partial charge on any atom is -0.497 e. The number of ether oxygens (including phenoxy) is 1. The third-order valence-electron chi connectivity index (χ3n) is 5.63. The standard InChI is InChI=1S/C24H27N3O4S2/c1-31-21-9-7-19(8-10-21)18-26-11-13-27(14-12-26)24(28)20-4-2-6-23(16-20)33(29,30)25-17-22-5-3-15-32-22/h2-10,15-16,25H,11-14,17-18H2,1H3. The highest BCUT2D eigenvalue weighted by Gasteiger charge is 2.24. The van der Waals surface area contributed by atoms with Crippen LogP contribution in [-0.2, 0) is 23.1 Å². The van der Waals surface area contributed by atoms with E-state index in [0.29, 0.717) is 18.7 Å². The summed E-state index contributed by atoms with van der Waals surface area (Å²) in [6, 6.07) is 18.0. The zero-order chi connectivity index (χ0) is 23.3. The van der Waals surface area contributed by atoms with Crippen molar-refractivity contribution in [3.8, 4) is 5.75 Å². The molecule has 1 aromatic heterocycles. The first-order chi connectivity index (χ1) is 15.9. The smallest absolute Gasteiger partial charge is 0.253 e. The average molecular weight is 486 g/mol. The summed E-state index contributed by atoms with van der Waals surface area (Å²) in [5.41, 5.74) is 1.58. The number of sulfonamides is 1. The van der Waals surface area contributed by atoms with Gasteiger partial charge >= 0.3 is 0 Å². The number of nitrogens with zero attached hydrogens (tertiary/aromatic N) is 2. The Balaban J connectivity index is 1.34. The van der Waals surface area contributed by atoms with Crippen molar-refractivity contribution in [2.45, 2.75) is 18.0 Å². The van der Waals surface area contributed by atoms with E-state index < -0.39 is 10.0 Å². The van der Waals surface area contributed by atoms with E-state index in [1.54, 1.807) is 24.1 Å². The molecule has 9 heteroatoms. The zero-order valence-corrected chi connectivity index (χ0v) is 20.1. The minimum atomic E-state index is -3.70. The summed E-state index contributed by atoms with van der Waals surface area (Å²) >= 11 is 1.49. The highest BCUT2D eigenvalue weighted by Crippen LogP contribution is 2.18. The Hall–Kier alpha value is -2.72. The number of piperazine rings is 1. The van der Waals surface area contributed by atoms with Gasteiger partial charge in [0.15, 0.2) is 0 Å². The van der Waals surface area contributed by atoms with Gasteiger partial charge in [0.2, 0.25) is 10.0 Å². The van der Waals surface area contributed by atoms with E-state index in [1.807, 2.05) is 29.6 Å². The van der Waals surface area contributed by atoms with Gasteiger partial charge in [0.05, 0.1) is 12.0 Å². The lowest BCUT2D eigenvalue weighted by Gasteiger charge is -2.34. The Morgan fingerprint density at radius 3 is 2.45 bits per heavy atom. The van der Waals surface area contributed by atoms with Gasteiger partial charge in [-0.3, -0.25) is 9.69 Å². The van der Waals surface area contributed by atoms with Gasteiger partial charge in [0.1, 0.15) is 5.75 Å². The molecule has 0 spiro atoms. The zero-order valence-electron chi connectivity index (χ0n) is 18.4. The molecule has 0 saturated carbocycles. The van der Waals surface area contributed by atoms with Crippen molar-refractivity contribution >= 4 is 27.3 Å². The van der Waals surface area contributed by atoms with Crippen LogP contribution in [0.15, 0.2) is 70.9 Å². The van der Waals surface area contributed by atoms with Gasteiger partial charge in [-0.05, 0) is 47.3 Å². The van der Waals surface area contributed by atoms with Crippen LogP contribution in [0.1, 0.15) is 20.8 Å². The molecule has 33 heavy (non-hydrogen) atoms. The molecule has 0 aliphatic carbocycles. The quantitative estimate of drug-likeness (QED) is 0.530. The van der Waals surface area contributed by atoms with E-state index >= 15 is 0 Å². The van der Waals surface area contributed by atoms with E-state index in [0.717, 1.165) is 30.3 Å². The third-order valence-corrected chi connectivity index (χ3v) is 7.91. The summed E-state index contributed by atoms with van der Waals surface area (Å²) < 4.78 is 33.2. The number of hydrogen-bond donors (Lipinski definition) is 1. The number of nitrogens with one attached hydrogen (secondary N) is 1. The van der Waals surface area contributed by atoms with Crippen molar-refractivity contribution in [3.63, 3.8) is 0 Å². The summed E-state index contributed by atoms with van der Waals surface area (Å²) in [6.45, 7) is 3.77. The molecule has 174 valence electrons. The van der Waals surface area contributed by atoms with E-state index in [-0.39, 0.29) is 17.3 Å². The van der Waals surface area contributed by atoms with Crippen LogP contribution in [0.3, 0.4) is 0 Å². The summed E-state index contributed by atoms with van der Waals surface area (Å²) in [5.74, 6) is 0.689. The first-order valence-electron chi connectivity index (χ1n) is 10.7. The van der Waals surface area contributed by atoms with Gasteiger partial charge in [0.25, 0.3) is 5.91 Å². The highest BCUT2D eigenvalue weighted by atomic mass is 32.2. The van der Waals surface area contributed by atoms with E-state index in [9.17, 15) is 13.2 Å². The van der Waals surface area contributed by atoms with E-state index in [2.05, 4.69) is 21.8 Å². The fourth-order valence-electron chi connectivity index (χ4n) is 3.74. The molecule has 7 nitrogen and oxygen atoms in total. The lowest BCUT2D eigenvalue weighted by molar-refractivity contribution is 0.0628. The van der Waals surface area contributed by atoms with Crippen molar-refractivity contribution < 1.29 is 17.9 Å². The van der Waals surface area contributed by atoms with Crippen LogP contribution in [0, 0.1) is 0 Å². The lowest BCUT2D eigenvalue weighted by atomic mass is 10.1. The first-order valence-corrected chi connectivity index (χ1v) is 13.1. The maximum Gasteiger partial charge on any atom is 0.253 e. The number of carbonyl (C=O) groups excluding carboxylic acids is 1. The van der Waals surface area contributed by atoms with Gasteiger partial charge in [-0.1, -0.05) is 24.3 Å². The summed E-state index contributed by atoms with van der Waals surface area (Å²) in [7, 11) is -2.05. The normalized spacial score (nSPS) is 14.9. The molecule has 2 aromatic carbocycles. The average Bonchev–Trinajstić information content (AvgIpc) is 3.37. The van der Waals surface area contributed by atoms with E-state index in [4.69, 9.17) is 4.74 Å². The molecule has 0 radical (unpaired) electrons. The largest absolute Gasteiger partial charge is 0.497 e. The van der Waals surface area contributed by atoms with Gasteiger partial charge in [-0.2, -0.15) is 0 Å². The number of hydrogen-bond acceptors (Lipinski definition) is 6.